The van der Waals surface area contributed by atoms with Crippen LogP contribution in [0.5, 0.6) is 0 Å². The minimum Gasteiger partial charge on any atom is -0.325 e. The molecular weight excluding hydrogens is 386 g/mol. The highest BCUT2D eigenvalue weighted by molar-refractivity contribution is 7.89. The summed E-state index contributed by atoms with van der Waals surface area (Å²) in [4.78, 5) is 17.0. The molecule has 0 N–H and O–H groups in total. The van der Waals surface area contributed by atoms with Crippen molar-refractivity contribution in [2.45, 2.75) is 57.1 Å². The normalized spacial score (nSPS) is 24.6. The summed E-state index contributed by atoms with van der Waals surface area (Å²) in [5, 5.41) is 0.492. The van der Waals surface area contributed by atoms with Crippen LogP contribution in [0, 0.1) is 5.92 Å². The van der Waals surface area contributed by atoms with Crippen LogP contribution in [0.15, 0.2) is 29.2 Å². The molecule has 8 heteroatoms. The Morgan fingerprint density at radius 1 is 1.11 bits per heavy atom. The molecule has 1 aromatic rings. The molecule has 2 unspecified atom stereocenters. The molecule has 2 saturated heterocycles. The van der Waals surface area contributed by atoms with Gasteiger partial charge in [-0.25, -0.2) is 13.2 Å². The molecule has 27 heavy (non-hydrogen) atoms. The zero-order chi connectivity index (χ0) is 19.8. The molecule has 3 rings (SSSR count). The molecule has 2 aliphatic rings. The van der Waals surface area contributed by atoms with Gasteiger partial charge in [0.2, 0.25) is 10.0 Å². The Morgan fingerprint density at radius 2 is 1.70 bits per heavy atom. The van der Waals surface area contributed by atoms with Gasteiger partial charge in [-0.1, -0.05) is 25.4 Å². The molecule has 0 bridgehead atoms. The van der Waals surface area contributed by atoms with Crippen molar-refractivity contribution >= 4 is 27.7 Å². The number of urea groups is 1. The maximum absolute atomic E-state index is 13.3. The fourth-order valence-corrected chi connectivity index (χ4v) is 5.96. The maximum atomic E-state index is 13.3. The van der Waals surface area contributed by atoms with Crippen LogP contribution in [0.4, 0.5) is 4.79 Å². The number of piperidine rings is 1. The van der Waals surface area contributed by atoms with Gasteiger partial charge >= 0.3 is 6.03 Å². The first-order valence-electron chi connectivity index (χ1n) is 9.58. The number of nitrogens with zero attached hydrogens (tertiary/aromatic N) is 3. The molecule has 2 heterocycles. The first-order valence-corrected chi connectivity index (χ1v) is 11.4. The van der Waals surface area contributed by atoms with E-state index >= 15 is 0 Å². The fourth-order valence-electron chi connectivity index (χ4n) is 4.04. The zero-order valence-electron chi connectivity index (χ0n) is 16.1. The topological polar surface area (TPSA) is 60.9 Å². The smallest absolute Gasteiger partial charge is 0.321 e. The average Bonchev–Trinajstić information content (AvgIpc) is 3.00. The second-order valence-electron chi connectivity index (χ2n) is 7.77. The highest BCUT2D eigenvalue weighted by Crippen LogP contribution is 2.33. The van der Waals surface area contributed by atoms with Crippen LogP contribution in [0.1, 0.15) is 40.0 Å². The second kappa shape index (κ2) is 7.97. The van der Waals surface area contributed by atoms with Crippen molar-refractivity contribution < 1.29 is 13.2 Å². The summed E-state index contributed by atoms with van der Waals surface area (Å²) in [5.74, 6) is -0.0224. The zero-order valence-corrected chi connectivity index (χ0v) is 17.7. The number of benzene rings is 1. The highest BCUT2D eigenvalue weighted by atomic mass is 35.5. The summed E-state index contributed by atoms with van der Waals surface area (Å²) in [6, 6.07) is 5.98. The van der Waals surface area contributed by atoms with Crippen LogP contribution in [0.3, 0.4) is 0 Å². The Morgan fingerprint density at radius 3 is 2.26 bits per heavy atom. The number of halogens is 1. The Labute approximate surface area is 167 Å². The summed E-state index contributed by atoms with van der Waals surface area (Å²) in [5.41, 5.74) is 0. The third-order valence-corrected chi connectivity index (χ3v) is 7.47. The molecule has 2 aliphatic heterocycles. The molecule has 0 aromatic heterocycles. The van der Waals surface area contributed by atoms with E-state index in [2.05, 4.69) is 0 Å². The molecule has 0 spiro atoms. The average molecular weight is 414 g/mol. The Hall–Kier alpha value is -1.31. The number of sulfonamides is 1. The minimum atomic E-state index is -3.72. The van der Waals surface area contributed by atoms with Crippen LogP contribution < -0.4 is 0 Å². The number of carbonyl (C=O) groups excluding carboxylic acids is 1. The van der Waals surface area contributed by atoms with Gasteiger partial charge in [0.05, 0.1) is 4.90 Å². The SMILES string of the molecule is CC(C)C1N(C(=O)N2CCCCC2)C(C)CN1S(=O)(=O)c1ccc(Cl)cc1. The van der Waals surface area contributed by atoms with Gasteiger partial charge < -0.3 is 9.80 Å². The molecule has 150 valence electrons. The van der Waals surface area contributed by atoms with E-state index in [1.807, 2.05) is 25.7 Å². The summed E-state index contributed by atoms with van der Waals surface area (Å²) in [6.07, 6.45) is 2.67. The number of amides is 2. The van der Waals surface area contributed by atoms with Crippen molar-refractivity contribution in [3.8, 4) is 0 Å². The molecule has 1 aromatic carbocycles. The van der Waals surface area contributed by atoms with E-state index in [1.54, 1.807) is 17.0 Å². The van der Waals surface area contributed by atoms with Crippen LogP contribution in [0.2, 0.25) is 5.02 Å². The number of rotatable bonds is 3. The van der Waals surface area contributed by atoms with E-state index < -0.39 is 16.2 Å². The van der Waals surface area contributed by atoms with Crippen molar-refractivity contribution in [1.82, 2.24) is 14.1 Å². The van der Waals surface area contributed by atoms with Gasteiger partial charge in [0.25, 0.3) is 0 Å². The predicted octanol–water partition coefficient (Wildman–Crippen LogP) is 3.62. The number of carbonyl (C=O) groups is 1. The lowest BCUT2D eigenvalue weighted by molar-refractivity contribution is 0.0985. The van der Waals surface area contributed by atoms with Crippen LogP contribution >= 0.6 is 11.6 Å². The van der Waals surface area contributed by atoms with E-state index in [4.69, 9.17) is 11.6 Å². The Bertz CT molecular complexity index is 776. The molecule has 0 radical (unpaired) electrons. The lowest BCUT2D eigenvalue weighted by Gasteiger charge is -2.38. The molecule has 2 amide bonds. The molecule has 2 atom stereocenters. The van der Waals surface area contributed by atoms with E-state index in [0.29, 0.717) is 11.6 Å². The quantitative estimate of drug-likeness (QED) is 0.760. The first-order chi connectivity index (χ1) is 12.7. The standard InChI is InChI=1S/C19H28ClN3O3S/c1-14(2)18-22(27(25,26)17-9-7-16(20)8-10-17)13-15(3)23(18)19(24)21-11-5-4-6-12-21/h7-10,14-15,18H,4-6,11-13H2,1-3H3. The van der Waals surface area contributed by atoms with Crippen molar-refractivity contribution in [2.75, 3.05) is 19.6 Å². The molecular formula is C19H28ClN3O3S. The second-order valence-corrected chi connectivity index (χ2v) is 10.1. The van der Waals surface area contributed by atoms with Crippen molar-refractivity contribution in [1.29, 1.82) is 0 Å². The maximum Gasteiger partial charge on any atom is 0.321 e. The van der Waals surface area contributed by atoms with E-state index in [-0.39, 0.29) is 22.9 Å². The van der Waals surface area contributed by atoms with Gasteiger partial charge in [-0.3, -0.25) is 0 Å². The van der Waals surface area contributed by atoms with Crippen molar-refractivity contribution in [2.24, 2.45) is 5.92 Å². The van der Waals surface area contributed by atoms with E-state index in [9.17, 15) is 13.2 Å². The molecule has 0 saturated carbocycles. The molecule has 0 aliphatic carbocycles. The van der Waals surface area contributed by atoms with Gasteiger partial charge in [-0.05, 0) is 56.4 Å². The van der Waals surface area contributed by atoms with Gasteiger partial charge in [-0.2, -0.15) is 4.31 Å². The first kappa shape index (κ1) is 20.4. The van der Waals surface area contributed by atoms with Gasteiger partial charge in [0.15, 0.2) is 0 Å². The Kier molecular flexibility index (Phi) is 6.03. The van der Waals surface area contributed by atoms with E-state index in [1.165, 1.54) is 16.4 Å². The van der Waals surface area contributed by atoms with Crippen molar-refractivity contribution in [3.05, 3.63) is 29.3 Å². The van der Waals surface area contributed by atoms with Gasteiger partial charge in [-0.15, -0.1) is 0 Å². The van der Waals surface area contributed by atoms with Gasteiger partial charge in [0, 0.05) is 30.7 Å². The number of hydrogen-bond acceptors (Lipinski definition) is 3. The third kappa shape index (κ3) is 3.96. The summed E-state index contributed by atoms with van der Waals surface area (Å²) in [6.45, 7) is 7.64. The summed E-state index contributed by atoms with van der Waals surface area (Å²) >= 11 is 5.91. The van der Waals surface area contributed by atoms with Crippen LogP contribution in [-0.2, 0) is 10.0 Å². The Balaban J connectivity index is 1.92. The largest absolute Gasteiger partial charge is 0.325 e. The molecule has 6 nitrogen and oxygen atoms in total. The van der Waals surface area contributed by atoms with Crippen LogP contribution in [0.25, 0.3) is 0 Å². The van der Waals surface area contributed by atoms with Gasteiger partial charge in [0.1, 0.15) is 6.17 Å². The minimum absolute atomic E-state index is 0.0224. The lowest BCUT2D eigenvalue weighted by Crippen LogP contribution is -2.54. The summed E-state index contributed by atoms with van der Waals surface area (Å²) < 4.78 is 28.0. The van der Waals surface area contributed by atoms with E-state index in [0.717, 1.165) is 32.4 Å². The number of likely N-dealkylation sites (tertiary alicyclic amines) is 1. The third-order valence-electron chi connectivity index (χ3n) is 5.36. The number of hydrogen-bond donors (Lipinski definition) is 0. The lowest BCUT2D eigenvalue weighted by atomic mass is 10.1. The summed E-state index contributed by atoms with van der Waals surface area (Å²) in [7, 11) is -3.72. The van der Waals surface area contributed by atoms with Crippen LogP contribution in [-0.4, -0.2) is 60.4 Å². The molecule has 2 fully saturated rings. The predicted molar refractivity (Wildman–Crippen MR) is 106 cm³/mol. The fraction of sp³-hybridized carbons (Fsp3) is 0.632. The van der Waals surface area contributed by atoms with Crippen molar-refractivity contribution in [3.63, 3.8) is 0 Å². The monoisotopic (exact) mass is 413 g/mol. The highest BCUT2D eigenvalue weighted by Gasteiger charge is 2.48.